The zero-order valence-electron chi connectivity index (χ0n) is 24.1. The second-order valence-electron chi connectivity index (χ2n) is 10.7. The van der Waals surface area contributed by atoms with Crippen LogP contribution in [0.2, 0.25) is 5.02 Å². The van der Waals surface area contributed by atoms with Gasteiger partial charge in [0.15, 0.2) is 0 Å². The molecule has 0 unspecified atom stereocenters. The average molecular weight is 668 g/mol. The molecule has 5 rings (SSSR count). The first-order valence-corrected chi connectivity index (χ1v) is 14.2. The van der Waals surface area contributed by atoms with Crippen molar-refractivity contribution >= 4 is 34.3 Å². The summed E-state index contributed by atoms with van der Waals surface area (Å²) in [7, 11) is 1.36. The molecule has 1 aliphatic rings. The summed E-state index contributed by atoms with van der Waals surface area (Å²) in [5, 5.41) is 17.9. The summed E-state index contributed by atoms with van der Waals surface area (Å²) in [5.41, 5.74) is 0.0645. The number of halogens is 6. The number of pyridine rings is 1. The molecule has 1 saturated carbocycles. The first-order valence-electron chi connectivity index (χ1n) is 13.9. The highest BCUT2D eigenvalue weighted by Gasteiger charge is 2.57. The summed E-state index contributed by atoms with van der Waals surface area (Å²) >= 11 is 5.90. The number of primary amides is 1. The lowest BCUT2D eigenvalue weighted by atomic mass is 9.93. The number of nitrogens with one attached hydrogen (secondary N) is 1. The Morgan fingerprint density at radius 1 is 1.20 bits per heavy atom. The fourth-order valence-corrected chi connectivity index (χ4v) is 5.02. The number of benzene rings is 2. The van der Waals surface area contributed by atoms with E-state index < -0.39 is 72.1 Å². The van der Waals surface area contributed by atoms with Crippen molar-refractivity contribution in [3.8, 4) is 22.8 Å². The molecule has 0 saturated heterocycles. The van der Waals surface area contributed by atoms with Crippen LogP contribution in [0.15, 0.2) is 42.6 Å². The topological polar surface area (TPSA) is 142 Å². The summed E-state index contributed by atoms with van der Waals surface area (Å²) < 4.78 is 83.6. The summed E-state index contributed by atoms with van der Waals surface area (Å²) in [4.78, 5) is 29.1. The molecule has 10 nitrogen and oxygen atoms in total. The molecule has 0 radical (unpaired) electrons. The first-order chi connectivity index (χ1) is 21.7. The van der Waals surface area contributed by atoms with E-state index in [1.807, 2.05) is 0 Å². The van der Waals surface area contributed by atoms with Crippen LogP contribution in [-0.4, -0.2) is 64.8 Å². The van der Waals surface area contributed by atoms with Crippen molar-refractivity contribution in [3.05, 3.63) is 70.3 Å². The van der Waals surface area contributed by atoms with Crippen LogP contribution < -0.4 is 20.5 Å². The van der Waals surface area contributed by atoms with Gasteiger partial charge in [-0.2, -0.15) is 18.3 Å². The van der Waals surface area contributed by atoms with Crippen molar-refractivity contribution < 1.29 is 46.1 Å². The molecule has 244 valence electrons. The normalized spacial score (nSPS) is 14.6. The van der Waals surface area contributed by atoms with E-state index in [0.717, 1.165) is 37.1 Å². The van der Waals surface area contributed by atoms with E-state index in [0.29, 0.717) is 10.9 Å². The molecule has 0 aliphatic heterocycles. The Hall–Kier alpha value is -4.50. The molecular formula is C30H27ClF5N5O5. The molecule has 2 heterocycles. The van der Waals surface area contributed by atoms with Gasteiger partial charge in [0.2, 0.25) is 11.5 Å². The molecule has 1 atom stereocenters. The average Bonchev–Trinajstić information content (AvgIpc) is 3.77. The third kappa shape index (κ3) is 6.56. The van der Waals surface area contributed by atoms with Gasteiger partial charge in [0.1, 0.15) is 41.8 Å². The molecule has 16 heteroatoms. The van der Waals surface area contributed by atoms with Crippen molar-refractivity contribution in [1.29, 1.82) is 0 Å². The maximum absolute atomic E-state index is 14.7. The maximum Gasteiger partial charge on any atom is 0.424 e. The van der Waals surface area contributed by atoms with Crippen LogP contribution in [0.25, 0.3) is 22.2 Å². The number of amides is 2. The number of ether oxygens (including phenoxy) is 2. The summed E-state index contributed by atoms with van der Waals surface area (Å²) in [6.07, 6.45) is -2.56. The van der Waals surface area contributed by atoms with Gasteiger partial charge >= 0.3 is 6.18 Å². The molecule has 0 bridgehead atoms. The van der Waals surface area contributed by atoms with Crippen LogP contribution in [0, 0.1) is 5.82 Å². The van der Waals surface area contributed by atoms with Crippen molar-refractivity contribution in [2.75, 3.05) is 26.9 Å². The van der Waals surface area contributed by atoms with Gasteiger partial charge in [-0.05, 0) is 49.2 Å². The quantitative estimate of drug-likeness (QED) is 0.185. The van der Waals surface area contributed by atoms with E-state index >= 15 is 0 Å². The predicted octanol–water partition coefficient (Wildman–Crippen LogP) is 4.79. The smallest absolute Gasteiger partial charge is 0.424 e. The monoisotopic (exact) mass is 667 g/mol. The highest BCUT2D eigenvalue weighted by Crippen LogP contribution is 2.43. The van der Waals surface area contributed by atoms with E-state index in [4.69, 9.17) is 26.8 Å². The summed E-state index contributed by atoms with van der Waals surface area (Å²) in [6, 6.07) is 6.75. The van der Waals surface area contributed by atoms with E-state index in [2.05, 4.69) is 15.4 Å². The van der Waals surface area contributed by atoms with Gasteiger partial charge in [0, 0.05) is 28.3 Å². The number of aliphatic hydroxyl groups is 1. The number of alkyl halides is 4. The molecule has 2 aromatic heterocycles. The molecule has 1 aliphatic carbocycles. The van der Waals surface area contributed by atoms with Gasteiger partial charge in [-0.3, -0.25) is 14.3 Å². The first kappa shape index (κ1) is 32.9. The second kappa shape index (κ2) is 12.7. The Morgan fingerprint density at radius 3 is 2.54 bits per heavy atom. The van der Waals surface area contributed by atoms with Crippen LogP contribution in [0.3, 0.4) is 0 Å². The van der Waals surface area contributed by atoms with Crippen LogP contribution in [0.5, 0.6) is 11.5 Å². The minimum atomic E-state index is -5.44. The highest BCUT2D eigenvalue weighted by atomic mass is 35.5. The van der Waals surface area contributed by atoms with E-state index in [1.165, 1.54) is 19.2 Å². The minimum Gasteiger partial charge on any atom is -0.494 e. The summed E-state index contributed by atoms with van der Waals surface area (Å²) in [5.74, 6) is -2.94. The third-order valence-corrected chi connectivity index (χ3v) is 7.61. The Kier molecular flexibility index (Phi) is 9.09. The van der Waals surface area contributed by atoms with Gasteiger partial charge in [0.25, 0.3) is 5.91 Å². The Balaban J connectivity index is 1.56. The largest absolute Gasteiger partial charge is 0.494 e. The molecule has 0 spiro atoms. The predicted molar refractivity (Wildman–Crippen MR) is 156 cm³/mol. The SMILES string of the molecule is COc1cc(C(=O)NC[C@](O)(c2cc(CC(N)=O)c(OCCF)c(-c3ccc(F)c(Cl)c3)n2)C(F)(F)F)cc2cn(C3CC3)nc12. The van der Waals surface area contributed by atoms with Crippen molar-refractivity contribution in [2.45, 2.75) is 37.1 Å². The fourth-order valence-electron chi connectivity index (χ4n) is 4.84. The number of carbonyl (C=O) groups is 2. The van der Waals surface area contributed by atoms with Gasteiger partial charge in [-0.1, -0.05) is 11.6 Å². The van der Waals surface area contributed by atoms with Crippen molar-refractivity contribution in [1.82, 2.24) is 20.1 Å². The van der Waals surface area contributed by atoms with Crippen molar-refractivity contribution in [2.24, 2.45) is 5.73 Å². The van der Waals surface area contributed by atoms with Crippen molar-refractivity contribution in [3.63, 3.8) is 0 Å². The highest BCUT2D eigenvalue weighted by molar-refractivity contribution is 6.31. The number of nitrogens with two attached hydrogens (primary N) is 1. The Labute approximate surface area is 263 Å². The molecule has 2 aromatic carbocycles. The molecule has 46 heavy (non-hydrogen) atoms. The number of methoxy groups -OCH3 is 1. The van der Waals surface area contributed by atoms with Gasteiger partial charge in [0.05, 0.1) is 36.8 Å². The minimum absolute atomic E-state index is 0.0665. The number of hydrogen-bond acceptors (Lipinski definition) is 7. The van der Waals surface area contributed by atoms with Gasteiger partial charge in [-0.25, -0.2) is 13.8 Å². The van der Waals surface area contributed by atoms with E-state index in [1.54, 1.807) is 10.9 Å². The van der Waals surface area contributed by atoms with Crippen LogP contribution in [-0.2, 0) is 16.8 Å². The third-order valence-electron chi connectivity index (χ3n) is 7.32. The number of rotatable bonds is 12. The number of aromatic nitrogens is 3. The molecular weight excluding hydrogens is 641 g/mol. The lowest BCUT2D eigenvalue weighted by Gasteiger charge is -2.31. The molecule has 2 amide bonds. The van der Waals surface area contributed by atoms with Crippen LogP contribution in [0.1, 0.15) is 40.5 Å². The molecule has 4 aromatic rings. The van der Waals surface area contributed by atoms with Gasteiger partial charge in [-0.15, -0.1) is 0 Å². The lowest BCUT2D eigenvalue weighted by Crippen LogP contribution is -2.51. The van der Waals surface area contributed by atoms with E-state index in [-0.39, 0.29) is 34.2 Å². The Morgan fingerprint density at radius 2 is 1.93 bits per heavy atom. The number of nitrogens with zero attached hydrogens (tertiary/aromatic N) is 3. The second-order valence-corrected chi connectivity index (χ2v) is 11.1. The standard InChI is InChI=1S/C30H27ClF5N5O5/c1-45-22-10-17(8-18-13-41(19-3-4-19)40-25(18)22)28(43)38-14-29(44,30(34,35)36)23-11-16(12-24(37)42)27(46-7-6-32)26(39-23)15-2-5-21(33)20(31)9-15/h2,5,8-11,13,19,44H,3-4,6-7,12,14H2,1H3,(H2,37,42)(H,38,43)/t29-/m0/s1. The Bertz CT molecular complexity index is 1810. The number of fused-ring (bicyclic) bond motifs is 1. The zero-order chi connectivity index (χ0) is 33.4. The number of hydrogen-bond donors (Lipinski definition) is 3. The summed E-state index contributed by atoms with van der Waals surface area (Å²) in [6.45, 7) is -3.02. The molecule has 4 N–H and O–H groups in total. The van der Waals surface area contributed by atoms with E-state index in [9.17, 15) is 36.6 Å². The van der Waals surface area contributed by atoms with Crippen LogP contribution in [0.4, 0.5) is 22.0 Å². The fraction of sp³-hybridized carbons (Fsp3) is 0.333. The maximum atomic E-state index is 14.7. The number of carbonyl (C=O) groups excluding carboxylic acids is 2. The lowest BCUT2D eigenvalue weighted by molar-refractivity contribution is -0.265. The zero-order valence-corrected chi connectivity index (χ0v) is 24.9. The molecule has 1 fully saturated rings. The van der Waals surface area contributed by atoms with Gasteiger partial charge < -0.3 is 25.6 Å². The van der Waals surface area contributed by atoms with Crippen LogP contribution >= 0.6 is 11.6 Å².